The molecule has 1 aliphatic rings. The van der Waals surface area contributed by atoms with Gasteiger partial charge in [-0.2, -0.15) is 0 Å². The molecule has 2 rings (SSSR count). The molecule has 1 saturated carbocycles. The molecule has 1 amide bonds. The van der Waals surface area contributed by atoms with Gasteiger partial charge in [-0.05, 0) is 25.7 Å². The van der Waals surface area contributed by atoms with Crippen molar-refractivity contribution in [2.24, 2.45) is 11.8 Å². The zero-order chi connectivity index (χ0) is 15.2. The predicted molar refractivity (Wildman–Crippen MR) is 76.6 cm³/mol. The van der Waals surface area contributed by atoms with E-state index in [1.165, 1.54) is 7.11 Å². The molecule has 0 aliphatic heterocycles. The zero-order valence-electron chi connectivity index (χ0n) is 12.6. The third kappa shape index (κ3) is 4.06. The van der Waals surface area contributed by atoms with E-state index in [-0.39, 0.29) is 11.8 Å². The Morgan fingerprint density at radius 1 is 1.33 bits per heavy atom. The molecule has 1 aliphatic carbocycles. The summed E-state index contributed by atoms with van der Waals surface area (Å²) in [5, 5.41) is 6.38. The summed E-state index contributed by atoms with van der Waals surface area (Å²) in [6.07, 6.45) is 6.18. The summed E-state index contributed by atoms with van der Waals surface area (Å²) in [7, 11) is 1.32. The highest BCUT2D eigenvalue weighted by Gasteiger charge is 2.36. The van der Waals surface area contributed by atoms with Crippen molar-refractivity contribution in [1.29, 1.82) is 0 Å². The topological polar surface area (TPSA) is 81.4 Å². The molecule has 0 saturated heterocycles. The van der Waals surface area contributed by atoms with Crippen molar-refractivity contribution in [2.45, 2.75) is 45.4 Å². The van der Waals surface area contributed by atoms with Crippen molar-refractivity contribution in [1.82, 2.24) is 5.16 Å². The lowest BCUT2D eigenvalue weighted by atomic mass is 9.85. The number of carbonyl (C=O) groups is 2. The van der Waals surface area contributed by atoms with Crippen LogP contribution < -0.4 is 5.32 Å². The van der Waals surface area contributed by atoms with Gasteiger partial charge < -0.3 is 14.6 Å². The van der Waals surface area contributed by atoms with E-state index in [4.69, 9.17) is 9.26 Å². The molecule has 116 valence electrons. The number of nitrogens with zero attached hydrogens (tertiary/aromatic N) is 1. The Labute approximate surface area is 124 Å². The lowest BCUT2D eigenvalue weighted by molar-refractivity contribution is -0.151. The Bertz CT molecular complexity index is 490. The van der Waals surface area contributed by atoms with Crippen LogP contribution in [-0.2, 0) is 14.3 Å². The van der Waals surface area contributed by atoms with E-state index < -0.39 is 11.9 Å². The zero-order valence-corrected chi connectivity index (χ0v) is 12.6. The van der Waals surface area contributed by atoms with Crippen LogP contribution in [-0.4, -0.2) is 24.1 Å². The number of hydrogen-bond acceptors (Lipinski definition) is 5. The molecule has 0 aromatic carbocycles. The van der Waals surface area contributed by atoms with Crippen LogP contribution in [0.4, 0.5) is 5.82 Å². The normalized spacial score (nSPS) is 17.8. The molecular formula is C15H22N2O4. The summed E-state index contributed by atoms with van der Waals surface area (Å²) in [6, 6.07) is 1.62. The number of anilines is 1. The maximum Gasteiger partial charge on any atom is 0.318 e. The van der Waals surface area contributed by atoms with Crippen LogP contribution in [0.3, 0.4) is 0 Å². The molecule has 0 unspecified atom stereocenters. The first-order chi connectivity index (χ1) is 10.1. The van der Waals surface area contributed by atoms with Gasteiger partial charge in [-0.1, -0.05) is 30.8 Å². The van der Waals surface area contributed by atoms with Crippen molar-refractivity contribution in [3.05, 3.63) is 11.8 Å². The Morgan fingerprint density at radius 3 is 2.52 bits per heavy atom. The molecule has 1 fully saturated rings. The molecule has 1 aromatic heterocycles. The summed E-state index contributed by atoms with van der Waals surface area (Å²) in [5.74, 6) is -0.630. The first kappa shape index (κ1) is 15.5. The number of amides is 1. The Balaban J connectivity index is 2.10. The Kier molecular flexibility index (Phi) is 5.36. The number of rotatable bonds is 4. The van der Waals surface area contributed by atoms with Crippen molar-refractivity contribution in [3.63, 3.8) is 0 Å². The number of carbonyl (C=O) groups excluding carboxylic acids is 2. The molecule has 21 heavy (non-hydrogen) atoms. The van der Waals surface area contributed by atoms with E-state index in [1.54, 1.807) is 13.0 Å². The molecule has 1 heterocycles. The molecule has 1 atom stereocenters. The predicted octanol–water partition coefficient (Wildman–Crippen LogP) is 2.68. The van der Waals surface area contributed by atoms with E-state index in [2.05, 4.69) is 10.5 Å². The summed E-state index contributed by atoms with van der Waals surface area (Å²) in [4.78, 5) is 24.5. The van der Waals surface area contributed by atoms with Crippen LogP contribution in [0.2, 0.25) is 0 Å². The van der Waals surface area contributed by atoms with Crippen LogP contribution in [0, 0.1) is 18.8 Å². The van der Waals surface area contributed by atoms with E-state index in [9.17, 15) is 9.59 Å². The SMILES string of the molecule is COC(=O)[C@@H](C(=O)Nc1cc(C)on1)C1CCCCCC1. The third-order valence-electron chi connectivity index (χ3n) is 3.99. The van der Waals surface area contributed by atoms with E-state index in [0.717, 1.165) is 38.5 Å². The van der Waals surface area contributed by atoms with Crippen molar-refractivity contribution in [3.8, 4) is 0 Å². The van der Waals surface area contributed by atoms with Crippen molar-refractivity contribution >= 4 is 17.7 Å². The molecule has 6 nitrogen and oxygen atoms in total. The number of aryl methyl sites for hydroxylation is 1. The second-order valence-electron chi connectivity index (χ2n) is 5.56. The van der Waals surface area contributed by atoms with E-state index >= 15 is 0 Å². The molecule has 6 heteroatoms. The van der Waals surface area contributed by atoms with Crippen LogP contribution in [0.1, 0.15) is 44.3 Å². The van der Waals surface area contributed by atoms with Gasteiger partial charge in [-0.15, -0.1) is 0 Å². The minimum Gasteiger partial charge on any atom is -0.468 e. The van der Waals surface area contributed by atoms with Gasteiger partial charge in [-0.25, -0.2) is 0 Å². The van der Waals surface area contributed by atoms with Gasteiger partial charge in [0.25, 0.3) is 0 Å². The Morgan fingerprint density at radius 2 is 2.00 bits per heavy atom. The van der Waals surface area contributed by atoms with Gasteiger partial charge in [0.2, 0.25) is 5.91 Å². The molecule has 0 radical (unpaired) electrons. The highest BCUT2D eigenvalue weighted by atomic mass is 16.5. The highest BCUT2D eigenvalue weighted by molar-refractivity contribution is 6.04. The summed E-state index contributed by atoms with van der Waals surface area (Å²) in [6.45, 7) is 1.74. The van der Waals surface area contributed by atoms with Crippen molar-refractivity contribution in [2.75, 3.05) is 12.4 Å². The standard InChI is InChI=1S/C15H22N2O4/c1-10-9-12(17-21-10)16-14(18)13(15(19)20-2)11-7-5-3-4-6-8-11/h9,11,13H,3-8H2,1-2H3,(H,16,17,18)/t13-/m1/s1. The molecule has 0 bridgehead atoms. The number of aromatic nitrogens is 1. The second-order valence-corrected chi connectivity index (χ2v) is 5.56. The first-order valence-electron chi connectivity index (χ1n) is 7.44. The summed E-state index contributed by atoms with van der Waals surface area (Å²) >= 11 is 0. The largest absolute Gasteiger partial charge is 0.468 e. The van der Waals surface area contributed by atoms with Gasteiger partial charge in [0.1, 0.15) is 11.7 Å². The number of hydrogen-bond donors (Lipinski definition) is 1. The second kappa shape index (κ2) is 7.24. The van der Waals surface area contributed by atoms with Crippen molar-refractivity contribution < 1.29 is 18.8 Å². The lowest BCUT2D eigenvalue weighted by Gasteiger charge is -2.22. The molecule has 1 aromatic rings. The van der Waals surface area contributed by atoms with Gasteiger partial charge >= 0.3 is 5.97 Å². The summed E-state index contributed by atoms with van der Waals surface area (Å²) < 4.78 is 9.74. The van der Waals surface area contributed by atoms with Crippen LogP contribution in [0.5, 0.6) is 0 Å². The van der Waals surface area contributed by atoms with E-state index in [0.29, 0.717) is 11.6 Å². The van der Waals surface area contributed by atoms with Crippen LogP contribution >= 0.6 is 0 Å². The monoisotopic (exact) mass is 294 g/mol. The molecule has 0 spiro atoms. The number of esters is 1. The van der Waals surface area contributed by atoms with Crippen LogP contribution in [0.15, 0.2) is 10.6 Å². The number of methoxy groups -OCH3 is 1. The van der Waals surface area contributed by atoms with Gasteiger partial charge in [0.15, 0.2) is 5.82 Å². The van der Waals surface area contributed by atoms with Crippen LogP contribution in [0.25, 0.3) is 0 Å². The lowest BCUT2D eigenvalue weighted by Crippen LogP contribution is -2.36. The maximum atomic E-state index is 12.4. The summed E-state index contributed by atoms with van der Waals surface area (Å²) in [5.41, 5.74) is 0. The van der Waals surface area contributed by atoms with Gasteiger partial charge in [0, 0.05) is 6.07 Å². The molecule has 1 N–H and O–H groups in total. The molecular weight excluding hydrogens is 272 g/mol. The number of ether oxygens (including phenoxy) is 1. The Hall–Kier alpha value is -1.85. The quantitative estimate of drug-likeness (QED) is 0.524. The first-order valence-corrected chi connectivity index (χ1v) is 7.44. The fourth-order valence-electron chi connectivity index (χ4n) is 2.91. The highest BCUT2D eigenvalue weighted by Crippen LogP contribution is 2.30. The smallest absolute Gasteiger partial charge is 0.318 e. The number of nitrogens with one attached hydrogen (secondary N) is 1. The van der Waals surface area contributed by atoms with Gasteiger partial charge in [-0.3, -0.25) is 9.59 Å². The minimum atomic E-state index is -0.773. The van der Waals surface area contributed by atoms with Gasteiger partial charge in [0.05, 0.1) is 7.11 Å². The average Bonchev–Trinajstić information content (AvgIpc) is 2.71. The maximum absolute atomic E-state index is 12.4. The average molecular weight is 294 g/mol. The minimum absolute atomic E-state index is 0.0351. The fourth-order valence-corrected chi connectivity index (χ4v) is 2.91. The fraction of sp³-hybridized carbons (Fsp3) is 0.667. The third-order valence-corrected chi connectivity index (χ3v) is 3.99. The van der Waals surface area contributed by atoms with E-state index in [1.807, 2.05) is 0 Å².